The maximum absolute atomic E-state index is 4.22. The number of fused-ring (bicyclic) bond motifs is 5. The number of hydrogen-bond acceptors (Lipinski definition) is 2. The smallest absolute Gasteiger partial charge is 0.0315 e. The first-order valence-electron chi connectivity index (χ1n) is 6.97. The van der Waals surface area contributed by atoms with E-state index in [0.29, 0.717) is 0 Å². The lowest BCUT2D eigenvalue weighted by Gasteiger charge is -2.11. The van der Waals surface area contributed by atoms with Crippen molar-refractivity contribution in [3.63, 3.8) is 0 Å². The average molecular weight is 228 g/mol. The summed E-state index contributed by atoms with van der Waals surface area (Å²) in [6.45, 7) is 3.19. The van der Waals surface area contributed by atoms with Crippen LogP contribution in [0.1, 0.15) is 30.4 Å². The van der Waals surface area contributed by atoms with Crippen molar-refractivity contribution in [1.29, 1.82) is 0 Å². The van der Waals surface area contributed by atoms with Gasteiger partial charge in [-0.15, -0.1) is 0 Å². The molecule has 1 aromatic rings. The molecule has 0 amide bonds. The Balaban J connectivity index is 1.40. The number of nitrogens with one attached hydrogen (secondary N) is 1. The molecule has 2 nitrogen and oxygen atoms in total. The van der Waals surface area contributed by atoms with Gasteiger partial charge in [-0.25, -0.2) is 0 Å². The molecule has 3 aliphatic rings. The van der Waals surface area contributed by atoms with Gasteiger partial charge in [0.1, 0.15) is 0 Å². The predicted molar refractivity (Wildman–Crippen MR) is 67.4 cm³/mol. The van der Waals surface area contributed by atoms with Crippen LogP contribution in [0.3, 0.4) is 0 Å². The van der Waals surface area contributed by atoms with Crippen molar-refractivity contribution in [3.05, 3.63) is 29.6 Å². The first-order valence-corrected chi connectivity index (χ1v) is 6.97. The number of nitrogens with zero attached hydrogens (tertiary/aromatic N) is 1. The third-order valence-corrected chi connectivity index (χ3v) is 5.41. The Kier molecular flexibility index (Phi) is 2.10. The highest BCUT2D eigenvalue weighted by Crippen LogP contribution is 2.65. The molecule has 1 heterocycles. The summed E-state index contributed by atoms with van der Waals surface area (Å²) >= 11 is 0. The maximum Gasteiger partial charge on any atom is 0.0315 e. The molecule has 2 bridgehead atoms. The molecule has 4 atom stereocenters. The van der Waals surface area contributed by atoms with Crippen LogP contribution in [0.5, 0.6) is 0 Å². The minimum absolute atomic E-state index is 0.834. The summed E-state index contributed by atoms with van der Waals surface area (Å²) in [4.78, 5) is 4.22. The van der Waals surface area contributed by atoms with Crippen molar-refractivity contribution in [2.24, 2.45) is 23.7 Å². The second-order valence-electron chi connectivity index (χ2n) is 6.20. The molecule has 4 rings (SSSR count). The van der Waals surface area contributed by atoms with Gasteiger partial charge in [0.05, 0.1) is 0 Å². The molecule has 3 saturated carbocycles. The lowest BCUT2D eigenvalue weighted by molar-refractivity contribution is 0.456. The average Bonchev–Trinajstić information content (AvgIpc) is 2.74. The Morgan fingerprint density at radius 1 is 1.29 bits per heavy atom. The first-order chi connectivity index (χ1) is 8.34. The Morgan fingerprint density at radius 2 is 2.06 bits per heavy atom. The highest BCUT2D eigenvalue weighted by Gasteiger charge is 2.64. The van der Waals surface area contributed by atoms with Gasteiger partial charge < -0.3 is 5.32 Å². The number of pyridine rings is 1. The largest absolute Gasteiger partial charge is 0.309 e. The molecular weight excluding hydrogens is 208 g/mol. The molecule has 0 spiro atoms. The maximum atomic E-state index is 4.22. The topological polar surface area (TPSA) is 24.9 Å². The molecular formula is C15H20N2. The van der Waals surface area contributed by atoms with Crippen molar-refractivity contribution in [2.45, 2.75) is 38.8 Å². The van der Waals surface area contributed by atoms with E-state index in [2.05, 4.69) is 23.3 Å². The van der Waals surface area contributed by atoms with Gasteiger partial charge in [0.25, 0.3) is 0 Å². The Hall–Kier alpha value is -0.890. The summed E-state index contributed by atoms with van der Waals surface area (Å²) < 4.78 is 0. The zero-order valence-electron chi connectivity index (χ0n) is 10.4. The van der Waals surface area contributed by atoms with Crippen LogP contribution in [0.4, 0.5) is 0 Å². The molecule has 17 heavy (non-hydrogen) atoms. The first kappa shape index (κ1) is 10.1. The van der Waals surface area contributed by atoms with Crippen LogP contribution in [0.15, 0.2) is 18.5 Å². The van der Waals surface area contributed by atoms with E-state index in [0.717, 1.165) is 36.3 Å². The van der Waals surface area contributed by atoms with Crippen LogP contribution in [-0.2, 0) is 6.54 Å². The molecule has 0 aromatic carbocycles. The normalized spacial score (nSPS) is 41.6. The van der Waals surface area contributed by atoms with E-state index in [4.69, 9.17) is 0 Å². The van der Waals surface area contributed by atoms with E-state index in [1.807, 2.05) is 12.4 Å². The third-order valence-electron chi connectivity index (χ3n) is 5.41. The van der Waals surface area contributed by atoms with E-state index in [1.165, 1.54) is 24.0 Å². The van der Waals surface area contributed by atoms with Crippen molar-refractivity contribution in [3.8, 4) is 0 Å². The second-order valence-corrected chi connectivity index (χ2v) is 6.20. The van der Waals surface area contributed by atoms with Gasteiger partial charge in [-0.2, -0.15) is 0 Å². The lowest BCUT2D eigenvalue weighted by Crippen LogP contribution is -2.22. The van der Waals surface area contributed by atoms with Gasteiger partial charge in [-0.3, -0.25) is 4.98 Å². The van der Waals surface area contributed by atoms with Crippen LogP contribution >= 0.6 is 0 Å². The minimum Gasteiger partial charge on any atom is -0.309 e. The monoisotopic (exact) mass is 228 g/mol. The van der Waals surface area contributed by atoms with E-state index in [9.17, 15) is 0 Å². The van der Waals surface area contributed by atoms with E-state index in [-0.39, 0.29) is 0 Å². The quantitative estimate of drug-likeness (QED) is 0.860. The number of rotatable bonds is 3. The fourth-order valence-corrected chi connectivity index (χ4v) is 4.51. The molecule has 0 radical (unpaired) electrons. The molecule has 0 saturated heterocycles. The number of hydrogen-bond donors (Lipinski definition) is 1. The SMILES string of the molecule is Cc1ccncc1CNC1C2C3CCC(C3)C12. The van der Waals surface area contributed by atoms with Gasteiger partial charge >= 0.3 is 0 Å². The summed E-state index contributed by atoms with van der Waals surface area (Å²) in [6, 6.07) is 2.94. The third kappa shape index (κ3) is 1.46. The van der Waals surface area contributed by atoms with Crippen LogP contribution in [0.25, 0.3) is 0 Å². The molecule has 4 unspecified atom stereocenters. The van der Waals surface area contributed by atoms with Crippen LogP contribution in [-0.4, -0.2) is 11.0 Å². The summed E-state index contributed by atoms with van der Waals surface area (Å²) in [6.07, 6.45) is 8.45. The molecule has 2 heteroatoms. The highest BCUT2D eigenvalue weighted by molar-refractivity contribution is 5.23. The summed E-state index contributed by atoms with van der Waals surface area (Å²) in [7, 11) is 0. The fraction of sp³-hybridized carbons (Fsp3) is 0.667. The van der Waals surface area contributed by atoms with Gasteiger partial charge in [-0.05, 0) is 67.1 Å². The van der Waals surface area contributed by atoms with E-state index >= 15 is 0 Å². The van der Waals surface area contributed by atoms with E-state index < -0.39 is 0 Å². The van der Waals surface area contributed by atoms with E-state index in [1.54, 1.807) is 6.42 Å². The highest BCUT2D eigenvalue weighted by atomic mass is 15.0. The van der Waals surface area contributed by atoms with Crippen molar-refractivity contribution >= 4 is 0 Å². The molecule has 90 valence electrons. The van der Waals surface area contributed by atoms with Crippen LogP contribution in [0, 0.1) is 30.6 Å². The zero-order chi connectivity index (χ0) is 11.4. The standard InChI is InChI=1S/C15H20N2/c1-9-4-5-16-7-12(9)8-17-15-13-10-2-3-11(6-10)14(13)15/h4-5,7,10-11,13-15,17H,2-3,6,8H2,1H3. The molecule has 3 aliphatic carbocycles. The summed E-state index contributed by atoms with van der Waals surface area (Å²) in [5, 5.41) is 3.78. The van der Waals surface area contributed by atoms with Crippen LogP contribution < -0.4 is 5.32 Å². The van der Waals surface area contributed by atoms with Crippen molar-refractivity contribution in [2.75, 3.05) is 0 Å². The Labute approximate surface area is 103 Å². The fourth-order valence-electron chi connectivity index (χ4n) is 4.51. The Bertz CT molecular complexity index is 426. The van der Waals surface area contributed by atoms with Gasteiger partial charge in [0.2, 0.25) is 0 Å². The van der Waals surface area contributed by atoms with Gasteiger partial charge in [0.15, 0.2) is 0 Å². The lowest BCUT2D eigenvalue weighted by atomic mass is 10.0. The summed E-state index contributed by atoms with van der Waals surface area (Å²) in [5.74, 6) is 4.20. The van der Waals surface area contributed by atoms with Crippen molar-refractivity contribution in [1.82, 2.24) is 10.3 Å². The van der Waals surface area contributed by atoms with Crippen LogP contribution in [0.2, 0.25) is 0 Å². The van der Waals surface area contributed by atoms with Gasteiger partial charge in [0, 0.05) is 25.0 Å². The zero-order valence-corrected chi connectivity index (χ0v) is 10.4. The number of aryl methyl sites for hydroxylation is 1. The second kappa shape index (κ2) is 3.55. The minimum atomic E-state index is 0.834. The number of aromatic nitrogens is 1. The predicted octanol–water partition coefficient (Wildman–Crippen LogP) is 2.52. The van der Waals surface area contributed by atoms with Crippen molar-refractivity contribution < 1.29 is 0 Å². The molecule has 0 aliphatic heterocycles. The molecule has 3 fully saturated rings. The molecule has 1 N–H and O–H groups in total. The summed E-state index contributed by atoms with van der Waals surface area (Å²) in [5.41, 5.74) is 2.73. The Morgan fingerprint density at radius 3 is 2.76 bits per heavy atom. The molecule has 1 aromatic heterocycles. The van der Waals surface area contributed by atoms with Gasteiger partial charge in [-0.1, -0.05) is 0 Å².